The second-order valence-corrected chi connectivity index (χ2v) is 6.71. The third-order valence-corrected chi connectivity index (χ3v) is 5.44. The molecule has 23 heavy (non-hydrogen) atoms. The zero-order valence-corrected chi connectivity index (χ0v) is 14.3. The Morgan fingerprint density at radius 2 is 2.13 bits per heavy atom. The first kappa shape index (κ1) is 15.9. The van der Waals surface area contributed by atoms with Crippen molar-refractivity contribution >= 4 is 21.9 Å². The van der Waals surface area contributed by atoms with E-state index in [1.165, 1.54) is 12.3 Å². The summed E-state index contributed by atoms with van der Waals surface area (Å²) in [5.74, 6) is -1.27. The molecule has 0 aliphatic carbocycles. The number of hydrogen-bond acceptors (Lipinski definition) is 4. The normalized spacial score (nSPS) is 13.4. The van der Waals surface area contributed by atoms with Gasteiger partial charge in [0.2, 0.25) is 0 Å². The van der Waals surface area contributed by atoms with Crippen LogP contribution in [-0.2, 0) is 23.4 Å². The van der Waals surface area contributed by atoms with E-state index in [1.807, 2.05) is 10.7 Å². The Hall–Kier alpha value is -1.96. The largest absolute Gasteiger partial charge is 0.384 e. The van der Waals surface area contributed by atoms with Gasteiger partial charge >= 0.3 is 5.97 Å². The van der Waals surface area contributed by atoms with Gasteiger partial charge in [-0.2, -0.15) is 5.10 Å². The summed E-state index contributed by atoms with van der Waals surface area (Å²) in [5, 5.41) is 5.37. The number of aromatic nitrogens is 3. The van der Waals surface area contributed by atoms with E-state index >= 15 is 0 Å². The van der Waals surface area contributed by atoms with Gasteiger partial charge in [-0.05, 0) is 6.07 Å². The highest BCUT2D eigenvalue weighted by atomic mass is 79.9. The zero-order chi connectivity index (χ0) is 16.8. The first-order valence-electron chi connectivity index (χ1n) is 7.09. The van der Waals surface area contributed by atoms with E-state index in [9.17, 15) is 14.1 Å². The summed E-state index contributed by atoms with van der Waals surface area (Å²) in [4.78, 5) is 26.5. The van der Waals surface area contributed by atoms with Crippen molar-refractivity contribution in [3.05, 3.63) is 39.8 Å². The number of carbonyl (C=O) groups excluding carboxylic acids is 1. The van der Waals surface area contributed by atoms with Crippen molar-refractivity contribution in [2.24, 2.45) is 0 Å². The molecule has 0 radical (unpaired) electrons. The lowest BCUT2D eigenvalue weighted by atomic mass is 9.92. The van der Waals surface area contributed by atoms with Gasteiger partial charge in [0.1, 0.15) is 5.56 Å². The van der Waals surface area contributed by atoms with Gasteiger partial charge in [-0.1, -0.05) is 29.8 Å². The molecular weight excluding hydrogens is 369 g/mol. The molecule has 0 fully saturated rings. The van der Waals surface area contributed by atoms with E-state index in [1.54, 1.807) is 4.57 Å². The molecule has 1 aliphatic heterocycles. The van der Waals surface area contributed by atoms with Crippen molar-refractivity contribution in [2.45, 2.75) is 32.4 Å². The predicted octanol–water partition coefficient (Wildman–Crippen LogP) is 2.44. The quantitative estimate of drug-likeness (QED) is 0.763. The minimum Gasteiger partial charge on any atom is -0.343 e. The SMILES string of the molecule is CC(C)(CBr)c1cc2n(n1)CCn1cc(C(=O)OF)c(=O)cc1-2. The lowest BCUT2D eigenvalue weighted by molar-refractivity contribution is -0.0789. The highest BCUT2D eigenvalue weighted by Gasteiger charge is 2.27. The van der Waals surface area contributed by atoms with Crippen LogP contribution in [0, 0.1) is 0 Å². The van der Waals surface area contributed by atoms with Crippen LogP contribution in [0.1, 0.15) is 29.9 Å². The standard InChI is InChI=1S/C15H15BrFN3O3/c1-15(2,8-16)13-6-11-10-5-12(21)9(14(22)23-17)7-19(10)3-4-20(11)18-13/h5-7H,3-4,8H2,1-2H3. The summed E-state index contributed by atoms with van der Waals surface area (Å²) >= 11 is 3.49. The number of hydrogen-bond donors (Lipinski definition) is 0. The van der Waals surface area contributed by atoms with Gasteiger partial charge in [-0.15, -0.1) is 0 Å². The number of rotatable bonds is 3. The Balaban J connectivity index is 2.13. The number of fused-ring (bicyclic) bond motifs is 3. The number of carbonyl (C=O) groups is 1. The molecule has 0 bridgehead atoms. The van der Waals surface area contributed by atoms with E-state index < -0.39 is 11.4 Å². The minimum absolute atomic E-state index is 0.145. The van der Waals surface area contributed by atoms with Crippen molar-refractivity contribution in [1.29, 1.82) is 0 Å². The molecule has 6 nitrogen and oxygen atoms in total. The molecule has 0 saturated carbocycles. The summed E-state index contributed by atoms with van der Waals surface area (Å²) in [6.07, 6.45) is 1.34. The maximum absolute atomic E-state index is 12.1. The molecule has 0 unspecified atom stereocenters. The van der Waals surface area contributed by atoms with Gasteiger partial charge in [0.15, 0.2) is 5.43 Å². The fourth-order valence-corrected chi connectivity index (χ4v) is 2.86. The van der Waals surface area contributed by atoms with Crippen LogP contribution < -0.4 is 5.43 Å². The molecular formula is C15H15BrFN3O3. The molecule has 0 spiro atoms. The van der Waals surface area contributed by atoms with Crippen molar-refractivity contribution in [1.82, 2.24) is 14.3 Å². The number of alkyl halides is 1. The molecule has 0 N–H and O–H groups in total. The van der Waals surface area contributed by atoms with Crippen molar-refractivity contribution in [3.63, 3.8) is 0 Å². The van der Waals surface area contributed by atoms with Gasteiger partial charge in [0, 0.05) is 34.1 Å². The minimum atomic E-state index is -1.27. The molecule has 0 atom stereocenters. The molecule has 3 heterocycles. The van der Waals surface area contributed by atoms with Gasteiger partial charge < -0.3 is 4.57 Å². The molecule has 2 aromatic rings. The Bertz CT molecular complexity index is 841. The monoisotopic (exact) mass is 383 g/mol. The fraction of sp³-hybridized carbons (Fsp3) is 0.400. The van der Waals surface area contributed by atoms with E-state index in [0.29, 0.717) is 18.8 Å². The second kappa shape index (κ2) is 5.59. The van der Waals surface area contributed by atoms with Gasteiger partial charge in [0.25, 0.3) is 0 Å². The van der Waals surface area contributed by atoms with E-state index in [0.717, 1.165) is 16.7 Å². The average molecular weight is 384 g/mol. The molecule has 122 valence electrons. The molecule has 0 saturated heterocycles. The van der Waals surface area contributed by atoms with Crippen LogP contribution in [0.3, 0.4) is 0 Å². The number of nitrogens with zero attached hydrogens (tertiary/aromatic N) is 3. The third-order valence-electron chi connectivity index (χ3n) is 4.04. The number of aryl methyl sites for hydroxylation is 2. The second-order valence-electron chi connectivity index (χ2n) is 6.15. The average Bonchev–Trinajstić information content (AvgIpc) is 2.99. The van der Waals surface area contributed by atoms with Crippen LogP contribution in [0.15, 0.2) is 23.1 Å². The lowest BCUT2D eigenvalue weighted by Gasteiger charge is -2.20. The Kier molecular flexibility index (Phi) is 3.87. The molecule has 2 aromatic heterocycles. The summed E-state index contributed by atoms with van der Waals surface area (Å²) in [7, 11) is 0. The van der Waals surface area contributed by atoms with Crippen LogP contribution >= 0.6 is 15.9 Å². The van der Waals surface area contributed by atoms with E-state index in [4.69, 9.17) is 0 Å². The van der Waals surface area contributed by atoms with Gasteiger partial charge in [0.05, 0.1) is 23.6 Å². The predicted molar refractivity (Wildman–Crippen MR) is 85.3 cm³/mol. The van der Waals surface area contributed by atoms with Crippen molar-refractivity contribution in [3.8, 4) is 11.4 Å². The topological polar surface area (TPSA) is 66.1 Å². The third kappa shape index (κ3) is 2.60. The van der Waals surface area contributed by atoms with Crippen molar-refractivity contribution in [2.75, 3.05) is 5.33 Å². The van der Waals surface area contributed by atoms with Gasteiger partial charge in [-0.3, -0.25) is 9.48 Å². The van der Waals surface area contributed by atoms with Crippen LogP contribution in [0.2, 0.25) is 0 Å². The maximum Gasteiger partial charge on any atom is 0.384 e. The molecule has 8 heteroatoms. The number of pyridine rings is 1. The summed E-state index contributed by atoms with van der Waals surface area (Å²) in [6, 6.07) is 3.27. The van der Waals surface area contributed by atoms with E-state index in [2.05, 4.69) is 39.8 Å². The molecule has 1 aliphatic rings. The van der Waals surface area contributed by atoms with Crippen LogP contribution in [0.5, 0.6) is 0 Å². The fourth-order valence-electron chi connectivity index (χ4n) is 2.57. The lowest BCUT2D eigenvalue weighted by Crippen LogP contribution is -2.25. The maximum atomic E-state index is 12.1. The zero-order valence-electron chi connectivity index (χ0n) is 12.7. The molecule has 0 aromatic carbocycles. The van der Waals surface area contributed by atoms with Gasteiger partial charge in [-0.25, -0.2) is 9.74 Å². The highest BCUT2D eigenvalue weighted by molar-refractivity contribution is 9.09. The first-order valence-corrected chi connectivity index (χ1v) is 8.21. The van der Waals surface area contributed by atoms with Crippen molar-refractivity contribution < 1.29 is 14.3 Å². The Labute approximate surface area is 139 Å². The highest BCUT2D eigenvalue weighted by Crippen LogP contribution is 2.30. The first-order chi connectivity index (χ1) is 10.9. The van der Waals surface area contributed by atoms with Crippen LogP contribution in [0.25, 0.3) is 11.4 Å². The summed E-state index contributed by atoms with van der Waals surface area (Å²) in [6.45, 7) is 5.28. The number of halogens is 2. The Morgan fingerprint density at radius 3 is 2.78 bits per heavy atom. The summed E-state index contributed by atoms with van der Waals surface area (Å²) in [5.41, 5.74) is 1.34. The van der Waals surface area contributed by atoms with Crippen LogP contribution in [-0.4, -0.2) is 25.6 Å². The molecule has 0 amide bonds. The van der Waals surface area contributed by atoms with Crippen LogP contribution in [0.4, 0.5) is 4.53 Å². The summed E-state index contributed by atoms with van der Waals surface area (Å²) < 4.78 is 15.7. The van der Waals surface area contributed by atoms with E-state index in [-0.39, 0.29) is 11.0 Å². The molecule has 3 rings (SSSR count). The Morgan fingerprint density at radius 1 is 1.39 bits per heavy atom. The smallest absolute Gasteiger partial charge is 0.343 e.